The maximum atomic E-state index is 11.8. The van der Waals surface area contributed by atoms with Crippen LogP contribution in [0.25, 0.3) is 0 Å². The van der Waals surface area contributed by atoms with Crippen LogP contribution in [0.1, 0.15) is 25.7 Å². The Labute approximate surface area is 106 Å². The fourth-order valence-electron chi connectivity index (χ4n) is 1.57. The largest absolute Gasteiger partial charge is 0.481 e. The summed E-state index contributed by atoms with van der Waals surface area (Å²) in [6, 6.07) is 0.143. The maximum absolute atomic E-state index is 11.8. The van der Waals surface area contributed by atoms with Gasteiger partial charge in [-0.2, -0.15) is 11.8 Å². The first kappa shape index (κ1) is 14.2. The predicted molar refractivity (Wildman–Crippen MR) is 68.4 cm³/mol. The quantitative estimate of drug-likeness (QED) is 0.647. The molecule has 0 aromatic carbocycles. The monoisotopic (exact) mass is 260 g/mol. The highest BCUT2D eigenvalue weighted by molar-refractivity contribution is 7.98. The highest BCUT2D eigenvalue weighted by Gasteiger charge is 2.32. The molecule has 2 N–H and O–H groups in total. The average molecular weight is 260 g/mol. The molecule has 0 saturated heterocycles. The molecule has 17 heavy (non-hydrogen) atoms. The molecule has 0 unspecified atom stereocenters. The Morgan fingerprint density at radius 3 is 2.71 bits per heavy atom. The molecular weight excluding hydrogens is 240 g/mol. The first-order valence-electron chi connectivity index (χ1n) is 5.90. The summed E-state index contributed by atoms with van der Waals surface area (Å²) in [5, 5.41) is 11.5. The van der Waals surface area contributed by atoms with Crippen molar-refractivity contribution in [1.29, 1.82) is 0 Å². The number of carbonyl (C=O) groups excluding carboxylic acids is 1. The topological polar surface area (TPSA) is 69.6 Å². The molecule has 1 fully saturated rings. The number of hydrogen-bond donors (Lipinski definition) is 2. The van der Waals surface area contributed by atoms with Crippen LogP contribution in [0.2, 0.25) is 0 Å². The van der Waals surface area contributed by atoms with Gasteiger partial charge in [-0.25, -0.2) is 4.79 Å². The van der Waals surface area contributed by atoms with Gasteiger partial charge in [0.2, 0.25) is 0 Å². The van der Waals surface area contributed by atoms with E-state index in [0.717, 1.165) is 25.0 Å². The number of urea groups is 1. The molecule has 0 atom stereocenters. The van der Waals surface area contributed by atoms with Gasteiger partial charge < -0.3 is 15.3 Å². The molecule has 5 nitrogen and oxygen atoms in total. The number of nitrogens with one attached hydrogen (secondary N) is 1. The summed E-state index contributed by atoms with van der Waals surface area (Å²) in [4.78, 5) is 24.0. The van der Waals surface area contributed by atoms with E-state index in [-0.39, 0.29) is 18.5 Å². The Bertz CT molecular complexity index is 269. The third-order valence-corrected chi connectivity index (χ3v) is 3.31. The minimum atomic E-state index is -0.856. The molecule has 0 aromatic heterocycles. The Kier molecular flexibility index (Phi) is 6.18. The van der Waals surface area contributed by atoms with Crippen molar-refractivity contribution in [1.82, 2.24) is 10.2 Å². The van der Waals surface area contributed by atoms with E-state index in [9.17, 15) is 9.59 Å². The fraction of sp³-hybridized carbons (Fsp3) is 0.818. The lowest BCUT2D eigenvalue weighted by molar-refractivity contribution is -0.137. The number of carbonyl (C=O) groups is 2. The van der Waals surface area contributed by atoms with Gasteiger partial charge in [0.25, 0.3) is 0 Å². The van der Waals surface area contributed by atoms with E-state index < -0.39 is 5.97 Å². The molecule has 2 amide bonds. The third kappa shape index (κ3) is 5.81. The van der Waals surface area contributed by atoms with E-state index in [0.29, 0.717) is 13.1 Å². The van der Waals surface area contributed by atoms with Gasteiger partial charge in [-0.15, -0.1) is 0 Å². The number of nitrogens with zero attached hydrogens (tertiary/aromatic N) is 1. The second-order valence-corrected chi connectivity index (χ2v) is 5.13. The predicted octanol–water partition coefficient (Wildman–Crippen LogP) is 1.39. The summed E-state index contributed by atoms with van der Waals surface area (Å²) in [5.74, 6) is 0.171. The lowest BCUT2D eigenvalue weighted by atomic mass is 10.4. The van der Waals surface area contributed by atoms with Crippen LogP contribution in [0.4, 0.5) is 4.79 Å². The Morgan fingerprint density at radius 2 is 2.18 bits per heavy atom. The van der Waals surface area contributed by atoms with Crippen LogP contribution in [0.3, 0.4) is 0 Å². The molecule has 1 rings (SSSR count). The minimum Gasteiger partial charge on any atom is -0.481 e. The lowest BCUT2D eigenvalue weighted by Crippen LogP contribution is -2.42. The standard InChI is InChI=1S/C11H20N2O3S/c1-17-8-2-6-12-11(16)13(9-3-4-9)7-5-10(14)15/h9H,2-8H2,1H3,(H,12,16)(H,14,15). The Hall–Kier alpha value is -0.910. The SMILES string of the molecule is CSCCCNC(=O)N(CCC(=O)O)C1CC1. The van der Waals surface area contributed by atoms with Crippen LogP contribution in [-0.2, 0) is 4.79 Å². The first-order valence-corrected chi connectivity index (χ1v) is 7.29. The third-order valence-electron chi connectivity index (χ3n) is 2.62. The van der Waals surface area contributed by atoms with Crippen LogP contribution in [0, 0.1) is 0 Å². The summed E-state index contributed by atoms with van der Waals surface area (Å²) in [6.45, 7) is 0.977. The van der Waals surface area contributed by atoms with Crippen LogP contribution in [0.5, 0.6) is 0 Å². The Balaban J connectivity index is 2.25. The maximum Gasteiger partial charge on any atom is 0.317 e. The number of aliphatic carboxylic acids is 1. The molecule has 98 valence electrons. The van der Waals surface area contributed by atoms with Gasteiger partial charge in [0.15, 0.2) is 0 Å². The van der Waals surface area contributed by atoms with Crippen molar-refractivity contribution < 1.29 is 14.7 Å². The van der Waals surface area contributed by atoms with Gasteiger partial charge in [-0.3, -0.25) is 4.79 Å². The van der Waals surface area contributed by atoms with Crippen LogP contribution < -0.4 is 5.32 Å². The molecule has 0 aromatic rings. The summed E-state index contributed by atoms with van der Waals surface area (Å²) < 4.78 is 0. The zero-order valence-corrected chi connectivity index (χ0v) is 11.0. The number of carboxylic acids is 1. The van der Waals surface area contributed by atoms with E-state index in [1.807, 2.05) is 6.26 Å². The molecule has 0 radical (unpaired) electrons. The van der Waals surface area contributed by atoms with E-state index in [2.05, 4.69) is 5.32 Å². The Morgan fingerprint density at radius 1 is 1.47 bits per heavy atom. The van der Waals surface area contributed by atoms with Gasteiger partial charge in [-0.1, -0.05) is 0 Å². The number of hydrogen-bond acceptors (Lipinski definition) is 3. The summed E-state index contributed by atoms with van der Waals surface area (Å²) >= 11 is 1.75. The van der Waals surface area contributed by atoms with Gasteiger partial charge in [0.05, 0.1) is 6.42 Å². The lowest BCUT2D eigenvalue weighted by Gasteiger charge is -2.22. The molecule has 0 bridgehead atoms. The van der Waals surface area contributed by atoms with E-state index in [1.54, 1.807) is 16.7 Å². The van der Waals surface area contributed by atoms with Gasteiger partial charge in [-0.05, 0) is 31.3 Å². The first-order chi connectivity index (χ1) is 8.15. The van der Waals surface area contributed by atoms with Crippen molar-refractivity contribution in [3.63, 3.8) is 0 Å². The summed E-state index contributed by atoms with van der Waals surface area (Å²) in [7, 11) is 0. The van der Waals surface area contributed by atoms with Crippen LogP contribution in [-0.4, -0.2) is 53.1 Å². The van der Waals surface area contributed by atoms with Crippen molar-refractivity contribution in [3.8, 4) is 0 Å². The van der Waals surface area contributed by atoms with Gasteiger partial charge in [0, 0.05) is 19.1 Å². The van der Waals surface area contributed by atoms with Crippen molar-refractivity contribution in [2.45, 2.75) is 31.7 Å². The number of rotatable bonds is 8. The average Bonchev–Trinajstić information content (AvgIpc) is 3.08. The molecule has 6 heteroatoms. The fourth-order valence-corrected chi connectivity index (χ4v) is 2.00. The van der Waals surface area contributed by atoms with Crippen molar-refractivity contribution in [3.05, 3.63) is 0 Å². The molecule has 0 spiro atoms. The molecule has 1 saturated carbocycles. The number of carboxylic acid groups (broad SMARTS) is 1. The number of thioether (sulfide) groups is 1. The van der Waals surface area contributed by atoms with Crippen molar-refractivity contribution in [2.24, 2.45) is 0 Å². The highest BCUT2D eigenvalue weighted by Crippen LogP contribution is 2.26. The van der Waals surface area contributed by atoms with E-state index >= 15 is 0 Å². The van der Waals surface area contributed by atoms with Crippen molar-refractivity contribution in [2.75, 3.05) is 25.1 Å². The molecule has 0 heterocycles. The molecule has 1 aliphatic rings. The molecular formula is C11H20N2O3S. The second-order valence-electron chi connectivity index (χ2n) is 4.15. The minimum absolute atomic E-state index is 0.0226. The van der Waals surface area contributed by atoms with Crippen LogP contribution >= 0.6 is 11.8 Å². The summed E-state index contributed by atoms with van der Waals surface area (Å²) in [6.07, 6.45) is 5.00. The van der Waals surface area contributed by atoms with E-state index in [4.69, 9.17) is 5.11 Å². The highest BCUT2D eigenvalue weighted by atomic mass is 32.2. The van der Waals surface area contributed by atoms with Gasteiger partial charge in [0.1, 0.15) is 0 Å². The zero-order valence-electron chi connectivity index (χ0n) is 10.1. The van der Waals surface area contributed by atoms with Crippen LogP contribution in [0.15, 0.2) is 0 Å². The second kappa shape index (κ2) is 7.42. The molecule has 0 aliphatic heterocycles. The normalized spacial score (nSPS) is 14.4. The smallest absolute Gasteiger partial charge is 0.317 e. The zero-order chi connectivity index (χ0) is 12.7. The number of amides is 2. The molecule has 1 aliphatic carbocycles. The van der Waals surface area contributed by atoms with E-state index in [1.165, 1.54) is 0 Å². The van der Waals surface area contributed by atoms with Crippen molar-refractivity contribution >= 4 is 23.8 Å². The van der Waals surface area contributed by atoms with Gasteiger partial charge >= 0.3 is 12.0 Å². The summed E-state index contributed by atoms with van der Waals surface area (Å²) in [5.41, 5.74) is 0.